The second kappa shape index (κ2) is 9.02. The summed E-state index contributed by atoms with van der Waals surface area (Å²) < 4.78 is 37.6. The molecule has 1 aliphatic rings. The van der Waals surface area contributed by atoms with Crippen LogP contribution >= 0.6 is 11.6 Å². The third-order valence-electron chi connectivity index (χ3n) is 4.87. The second-order valence-corrected chi connectivity index (χ2v) is 9.06. The van der Waals surface area contributed by atoms with Crippen LogP contribution in [0.4, 0.5) is 5.69 Å². The fourth-order valence-corrected chi connectivity index (χ4v) is 5.12. The van der Waals surface area contributed by atoms with Crippen LogP contribution in [-0.2, 0) is 14.8 Å². The predicted octanol–water partition coefficient (Wildman–Crippen LogP) is 3.40. The van der Waals surface area contributed by atoms with Gasteiger partial charge in [-0.25, -0.2) is 8.42 Å². The van der Waals surface area contributed by atoms with E-state index in [4.69, 9.17) is 21.1 Å². The van der Waals surface area contributed by atoms with Crippen LogP contribution in [0.5, 0.6) is 11.5 Å². The number of carbonyl (C=O) groups is 1. The number of sulfonamides is 1. The molecule has 1 heterocycles. The lowest BCUT2D eigenvalue weighted by atomic mass is 9.99. The number of amides is 1. The first-order valence-corrected chi connectivity index (χ1v) is 11.0. The zero-order valence-electron chi connectivity index (χ0n) is 16.2. The first-order valence-electron chi connectivity index (χ1n) is 9.13. The van der Waals surface area contributed by atoms with E-state index >= 15 is 0 Å². The third-order valence-corrected chi connectivity index (χ3v) is 7.03. The summed E-state index contributed by atoms with van der Waals surface area (Å²) in [5.41, 5.74) is 0.637. The maximum absolute atomic E-state index is 13.0. The highest BCUT2D eigenvalue weighted by atomic mass is 35.5. The van der Waals surface area contributed by atoms with Crippen molar-refractivity contribution in [1.82, 2.24) is 4.31 Å². The molecular formula is C20H23ClN2O5S. The van der Waals surface area contributed by atoms with Gasteiger partial charge in [-0.1, -0.05) is 11.6 Å². The van der Waals surface area contributed by atoms with Crippen LogP contribution in [0.1, 0.15) is 12.8 Å². The Hall–Kier alpha value is -2.29. The Morgan fingerprint density at radius 1 is 1.14 bits per heavy atom. The van der Waals surface area contributed by atoms with Crippen molar-refractivity contribution in [2.24, 2.45) is 5.92 Å². The highest BCUT2D eigenvalue weighted by Gasteiger charge is 2.33. The lowest BCUT2D eigenvalue weighted by molar-refractivity contribution is -0.120. The average Bonchev–Trinajstić information content (AvgIpc) is 2.74. The highest BCUT2D eigenvalue weighted by molar-refractivity contribution is 7.89. The summed E-state index contributed by atoms with van der Waals surface area (Å²) in [7, 11) is -0.727. The van der Waals surface area contributed by atoms with Gasteiger partial charge in [-0.2, -0.15) is 4.31 Å². The Kier molecular flexibility index (Phi) is 6.66. The lowest BCUT2D eigenvalue weighted by Crippen LogP contribution is -2.43. The molecule has 0 radical (unpaired) electrons. The van der Waals surface area contributed by atoms with E-state index in [1.807, 2.05) is 0 Å². The molecule has 2 aromatic carbocycles. The van der Waals surface area contributed by atoms with Gasteiger partial charge in [-0.05, 0) is 55.3 Å². The molecule has 0 bridgehead atoms. The maximum Gasteiger partial charge on any atom is 0.243 e. The van der Waals surface area contributed by atoms with Gasteiger partial charge in [0, 0.05) is 18.8 Å². The minimum Gasteiger partial charge on any atom is -0.497 e. The molecule has 1 fully saturated rings. The fourth-order valence-electron chi connectivity index (χ4n) is 3.25. The van der Waals surface area contributed by atoms with E-state index in [1.54, 1.807) is 31.4 Å². The average molecular weight is 439 g/mol. The summed E-state index contributed by atoms with van der Waals surface area (Å²) in [6, 6.07) is 11.3. The molecule has 1 saturated heterocycles. The molecule has 1 atom stereocenters. The molecule has 3 rings (SSSR count). The molecule has 0 saturated carbocycles. The van der Waals surface area contributed by atoms with Gasteiger partial charge < -0.3 is 14.8 Å². The van der Waals surface area contributed by atoms with Gasteiger partial charge in [0.15, 0.2) is 0 Å². The topological polar surface area (TPSA) is 84.9 Å². The van der Waals surface area contributed by atoms with Crippen LogP contribution in [0.3, 0.4) is 0 Å². The maximum atomic E-state index is 13.0. The van der Waals surface area contributed by atoms with E-state index in [2.05, 4.69) is 5.32 Å². The minimum atomic E-state index is -3.76. The molecule has 29 heavy (non-hydrogen) atoms. The lowest BCUT2D eigenvalue weighted by Gasteiger charge is -2.31. The van der Waals surface area contributed by atoms with E-state index in [9.17, 15) is 13.2 Å². The van der Waals surface area contributed by atoms with Crippen molar-refractivity contribution in [3.8, 4) is 11.5 Å². The molecule has 0 aliphatic carbocycles. The molecule has 7 nitrogen and oxygen atoms in total. The van der Waals surface area contributed by atoms with Crippen LogP contribution in [0, 0.1) is 5.92 Å². The monoisotopic (exact) mass is 438 g/mol. The number of nitrogens with zero attached hydrogens (tertiary/aromatic N) is 1. The van der Waals surface area contributed by atoms with Gasteiger partial charge in [-0.15, -0.1) is 0 Å². The van der Waals surface area contributed by atoms with Gasteiger partial charge in [0.25, 0.3) is 0 Å². The molecule has 9 heteroatoms. The van der Waals surface area contributed by atoms with Crippen LogP contribution in [-0.4, -0.2) is 45.9 Å². The Bertz CT molecular complexity index is 979. The number of methoxy groups -OCH3 is 2. The van der Waals surface area contributed by atoms with Gasteiger partial charge in [0.1, 0.15) is 11.5 Å². The van der Waals surface area contributed by atoms with Crippen molar-refractivity contribution in [2.75, 3.05) is 32.6 Å². The van der Waals surface area contributed by atoms with Gasteiger partial charge in [-0.3, -0.25) is 4.79 Å². The van der Waals surface area contributed by atoms with E-state index in [-0.39, 0.29) is 22.4 Å². The molecule has 1 N–H and O–H groups in total. The van der Waals surface area contributed by atoms with Crippen LogP contribution < -0.4 is 14.8 Å². The Balaban J connectivity index is 1.71. The molecule has 2 aromatic rings. The predicted molar refractivity (Wildman–Crippen MR) is 111 cm³/mol. The summed E-state index contributed by atoms with van der Waals surface area (Å²) in [5, 5.41) is 3.07. The first kappa shape index (κ1) is 21.4. The molecule has 0 spiro atoms. The first-order chi connectivity index (χ1) is 13.8. The molecule has 1 amide bonds. The van der Waals surface area contributed by atoms with Crippen molar-refractivity contribution in [3.05, 3.63) is 47.5 Å². The van der Waals surface area contributed by atoms with Crippen molar-refractivity contribution in [1.29, 1.82) is 0 Å². The van der Waals surface area contributed by atoms with E-state index in [0.717, 1.165) is 0 Å². The summed E-state index contributed by atoms with van der Waals surface area (Å²) in [4.78, 5) is 12.8. The number of ether oxygens (including phenoxy) is 2. The van der Waals surface area contributed by atoms with Gasteiger partial charge in [0.2, 0.25) is 15.9 Å². The fraction of sp³-hybridized carbons (Fsp3) is 0.350. The highest BCUT2D eigenvalue weighted by Crippen LogP contribution is 2.30. The van der Waals surface area contributed by atoms with Crippen molar-refractivity contribution in [3.63, 3.8) is 0 Å². The third kappa shape index (κ3) is 4.83. The Morgan fingerprint density at radius 2 is 1.86 bits per heavy atom. The SMILES string of the molecule is COc1ccc(NC(=O)[C@@H]2CCCN(S(=O)(=O)c3ccc(OC)c(Cl)c3)C2)cc1. The molecule has 1 aliphatic heterocycles. The summed E-state index contributed by atoms with van der Waals surface area (Å²) in [6.45, 7) is 0.478. The number of hydrogen-bond donors (Lipinski definition) is 1. The van der Waals surface area contributed by atoms with E-state index in [0.29, 0.717) is 36.6 Å². The summed E-state index contributed by atoms with van der Waals surface area (Å²) >= 11 is 6.08. The van der Waals surface area contributed by atoms with Crippen LogP contribution in [0.25, 0.3) is 0 Å². The number of benzene rings is 2. The number of rotatable bonds is 6. The van der Waals surface area contributed by atoms with Crippen molar-refractivity contribution >= 4 is 33.2 Å². The van der Waals surface area contributed by atoms with E-state index in [1.165, 1.54) is 29.6 Å². The smallest absolute Gasteiger partial charge is 0.243 e. The Labute approximate surface area is 175 Å². The van der Waals surface area contributed by atoms with Gasteiger partial charge >= 0.3 is 0 Å². The molecule has 0 unspecified atom stereocenters. The van der Waals surface area contributed by atoms with Crippen LogP contribution in [0.15, 0.2) is 47.4 Å². The number of anilines is 1. The Morgan fingerprint density at radius 3 is 2.48 bits per heavy atom. The number of piperidine rings is 1. The number of halogens is 1. The largest absolute Gasteiger partial charge is 0.497 e. The molecule has 156 valence electrons. The standard InChI is InChI=1S/C20H23ClN2O5S/c1-27-16-7-5-15(6-8-16)22-20(24)14-4-3-11-23(13-14)29(25,26)17-9-10-19(28-2)18(21)12-17/h5-10,12,14H,3-4,11,13H2,1-2H3,(H,22,24)/t14-/m1/s1. The van der Waals surface area contributed by atoms with E-state index < -0.39 is 15.9 Å². The normalized spacial score (nSPS) is 17.6. The number of carbonyl (C=O) groups excluding carboxylic acids is 1. The van der Waals surface area contributed by atoms with Gasteiger partial charge in [0.05, 0.1) is 30.1 Å². The number of nitrogens with one attached hydrogen (secondary N) is 1. The molecular weight excluding hydrogens is 416 g/mol. The quantitative estimate of drug-likeness (QED) is 0.747. The van der Waals surface area contributed by atoms with Crippen molar-refractivity contribution in [2.45, 2.75) is 17.7 Å². The summed E-state index contributed by atoms with van der Waals surface area (Å²) in [5.74, 6) is 0.453. The zero-order chi connectivity index (χ0) is 21.0. The van der Waals surface area contributed by atoms with Crippen LogP contribution in [0.2, 0.25) is 5.02 Å². The second-order valence-electron chi connectivity index (χ2n) is 6.72. The minimum absolute atomic E-state index is 0.0829. The molecule has 0 aromatic heterocycles. The zero-order valence-corrected chi connectivity index (χ0v) is 17.8. The van der Waals surface area contributed by atoms with Crippen molar-refractivity contribution < 1.29 is 22.7 Å². The summed E-state index contributed by atoms with van der Waals surface area (Å²) in [6.07, 6.45) is 1.22. The number of hydrogen-bond acceptors (Lipinski definition) is 5.